The Hall–Kier alpha value is -2.44. The Kier molecular flexibility index (Phi) is 3.69. The van der Waals surface area contributed by atoms with Crippen LogP contribution in [0.3, 0.4) is 0 Å². The van der Waals surface area contributed by atoms with E-state index in [9.17, 15) is 14.7 Å². The molecule has 7 nitrogen and oxygen atoms in total. The van der Waals surface area contributed by atoms with E-state index >= 15 is 0 Å². The van der Waals surface area contributed by atoms with Gasteiger partial charge in [-0.2, -0.15) is 15.4 Å². The molecular weight excluding hydrogens is 262 g/mol. The van der Waals surface area contributed by atoms with Crippen molar-refractivity contribution < 1.29 is 19.8 Å². The number of nitrogens with one attached hydrogen (secondary N) is 1. The molecule has 20 heavy (non-hydrogen) atoms. The van der Waals surface area contributed by atoms with Gasteiger partial charge in [0.15, 0.2) is 0 Å². The third kappa shape index (κ3) is 2.47. The normalized spacial score (nSPS) is 26.4. The third-order valence-electron chi connectivity index (χ3n) is 3.72. The molecule has 0 amide bonds. The van der Waals surface area contributed by atoms with Crippen molar-refractivity contribution in [3.8, 4) is 0 Å². The molecule has 0 aliphatic heterocycles. The third-order valence-corrected chi connectivity index (χ3v) is 3.72. The van der Waals surface area contributed by atoms with Crippen LogP contribution in [0, 0.1) is 11.3 Å². The summed E-state index contributed by atoms with van der Waals surface area (Å²) in [5, 5.41) is 28.6. The molecule has 0 bridgehead atoms. The molecule has 0 spiro atoms. The lowest BCUT2D eigenvalue weighted by Crippen LogP contribution is -2.39. The van der Waals surface area contributed by atoms with Crippen molar-refractivity contribution >= 4 is 11.9 Å². The second-order valence-electron chi connectivity index (χ2n) is 4.97. The van der Waals surface area contributed by atoms with Gasteiger partial charge in [-0.25, -0.2) is 0 Å². The summed E-state index contributed by atoms with van der Waals surface area (Å²) in [6, 6.07) is 0. The number of aromatic nitrogens is 3. The fraction of sp³-hybridized carbons (Fsp3) is 0.385. The summed E-state index contributed by atoms with van der Waals surface area (Å²) in [6.07, 6.45) is 8.14. The van der Waals surface area contributed by atoms with Crippen molar-refractivity contribution in [3.05, 3.63) is 36.2 Å². The molecule has 0 radical (unpaired) electrons. The van der Waals surface area contributed by atoms with Gasteiger partial charge in [-0.3, -0.25) is 9.59 Å². The molecule has 1 aromatic heterocycles. The quantitative estimate of drug-likeness (QED) is 0.744. The molecule has 3 unspecified atom stereocenters. The molecular formula is C13H15N3O4. The summed E-state index contributed by atoms with van der Waals surface area (Å²) in [4.78, 5) is 22.4. The molecule has 0 saturated heterocycles. The number of nitrogens with zero attached hydrogens (tertiary/aromatic N) is 2. The van der Waals surface area contributed by atoms with Crippen LogP contribution in [0.4, 0.5) is 0 Å². The van der Waals surface area contributed by atoms with Crippen LogP contribution in [-0.4, -0.2) is 37.6 Å². The van der Waals surface area contributed by atoms with Gasteiger partial charge < -0.3 is 10.2 Å². The van der Waals surface area contributed by atoms with Gasteiger partial charge in [-0.15, -0.1) is 0 Å². The minimum atomic E-state index is -1.14. The Morgan fingerprint density at radius 3 is 2.75 bits per heavy atom. The van der Waals surface area contributed by atoms with Crippen LogP contribution in [0.25, 0.3) is 0 Å². The molecule has 2 rings (SSSR count). The monoisotopic (exact) mass is 277 g/mol. The smallest absolute Gasteiger partial charge is 0.307 e. The van der Waals surface area contributed by atoms with E-state index in [-0.39, 0.29) is 5.92 Å². The molecule has 3 atom stereocenters. The Bertz CT molecular complexity index is 564. The van der Waals surface area contributed by atoms with Gasteiger partial charge in [0.1, 0.15) is 0 Å². The lowest BCUT2D eigenvalue weighted by molar-refractivity contribution is -0.152. The number of allylic oxidation sites excluding steroid dienone is 4. The van der Waals surface area contributed by atoms with Gasteiger partial charge in [0.2, 0.25) is 0 Å². The second kappa shape index (κ2) is 5.28. The Morgan fingerprint density at radius 2 is 2.20 bits per heavy atom. The number of carboxylic acid groups (broad SMARTS) is 2. The summed E-state index contributed by atoms with van der Waals surface area (Å²) in [6.45, 7) is 1.73. The van der Waals surface area contributed by atoms with Crippen molar-refractivity contribution in [2.45, 2.75) is 19.3 Å². The van der Waals surface area contributed by atoms with Crippen molar-refractivity contribution in [1.29, 1.82) is 0 Å². The SMILES string of the molecule is CC1(C(CC(=O)O)C(=O)O)C=CC=CC1c1cn[nH]n1. The maximum Gasteiger partial charge on any atom is 0.307 e. The summed E-state index contributed by atoms with van der Waals surface area (Å²) >= 11 is 0. The topological polar surface area (TPSA) is 116 Å². The molecule has 3 N–H and O–H groups in total. The summed E-state index contributed by atoms with van der Waals surface area (Å²) < 4.78 is 0. The van der Waals surface area contributed by atoms with E-state index in [4.69, 9.17) is 5.11 Å². The van der Waals surface area contributed by atoms with Crippen molar-refractivity contribution in [2.24, 2.45) is 11.3 Å². The van der Waals surface area contributed by atoms with E-state index in [1.165, 1.54) is 6.20 Å². The lowest BCUT2D eigenvalue weighted by atomic mass is 9.64. The van der Waals surface area contributed by atoms with Gasteiger partial charge in [0.25, 0.3) is 0 Å². The molecule has 1 heterocycles. The highest BCUT2D eigenvalue weighted by molar-refractivity contribution is 5.79. The number of carboxylic acids is 2. The Morgan fingerprint density at radius 1 is 1.45 bits per heavy atom. The maximum absolute atomic E-state index is 11.5. The highest BCUT2D eigenvalue weighted by Crippen LogP contribution is 2.46. The highest BCUT2D eigenvalue weighted by Gasteiger charge is 2.45. The Balaban J connectivity index is 2.42. The van der Waals surface area contributed by atoms with E-state index in [1.807, 2.05) is 6.08 Å². The number of H-pyrrole nitrogens is 1. The fourth-order valence-corrected chi connectivity index (χ4v) is 2.61. The van der Waals surface area contributed by atoms with Crippen LogP contribution in [0.15, 0.2) is 30.5 Å². The van der Waals surface area contributed by atoms with Gasteiger partial charge in [0, 0.05) is 11.3 Å². The van der Waals surface area contributed by atoms with Gasteiger partial charge in [-0.1, -0.05) is 31.2 Å². The molecule has 7 heteroatoms. The molecule has 0 aromatic carbocycles. The second-order valence-corrected chi connectivity index (χ2v) is 4.97. The predicted molar refractivity (Wildman–Crippen MR) is 68.9 cm³/mol. The minimum Gasteiger partial charge on any atom is -0.481 e. The first-order valence-electron chi connectivity index (χ1n) is 6.11. The van der Waals surface area contributed by atoms with E-state index in [1.54, 1.807) is 25.2 Å². The maximum atomic E-state index is 11.5. The average Bonchev–Trinajstić information content (AvgIpc) is 2.89. The number of hydrogen-bond acceptors (Lipinski definition) is 4. The van der Waals surface area contributed by atoms with E-state index < -0.39 is 29.7 Å². The van der Waals surface area contributed by atoms with Crippen LogP contribution in [0.5, 0.6) is 0 Å². The average molecular weight is 277 g/mol. The fourth-order valence-electron chi connectivity index (χ4n) is 2.61. The largest absolute Gasteiger partial charge is 0.481 e. The first-order valence-corrected chi connectivity index (χ1v) is 6.11. The van der Waals surface area contributed by atoms with Gasteiger partial charge in [-0.05, 0) is 0 Å². The molecule has 0 saturated carbocycles. The summed E-state index contributed by atoms with van der Waals surface area (Å²) in [5.41, 5.74) is -0.291. The van der Waals surface area contributed by atoms with Crippen molar-refractivity contribution in [2.75, 3.05) is 0 Å². The zero-order chi connectivity index (χ0) is 14.8. The van der Waals surface area contributed by atoms with Crippen LogP contribution in [-0.2, 0) is 9.59 Å². The first-order chi connectivity index (χ1) is 9.45. The predicted octanol–water partition coefficient (Wildman–Crippen LogP) is 1.20. The molecule has 106 valence electrons. The molecule has 0 fully saturated rings. The van der Waals surface area contributed by atoms with Crippen LogP contribution in [0.2, 0.25) is 0 Å². The lowest BCUT2D eigenvalue weighted by Gasteiger charge is -2.38. The van der Waals surface area contributed by atoms with Crippen LogP contribution in [0.1, 0.15) is 25.0 Å². The highest BCUT2D eigenvalue weighted by atomic mass is 16.4. The number of hydrogen-bond donors (Lipinski definition) is 3. The van der Waals surface area contributed by atoms with Gasteiger partial charge in [0.05, 0.1) is 24.2 Å². The molecule has 1 aliphatic carbocycles. The number of aliphatic carboxylic acids is 2. The number of rotatable bonds is 5. The minimum absolute atomic E-state index is 0.341. The molecule has 1 aromatic rings. The van der Waals surface area contributed by atoms with E-state index in [2.05, 4.69) is 15.4 Å². The number of aromatic amines is 1. The standard InChI is InChI=1S/C13H15N3O4/c1-13(9(12(19)20)6-11(17)18)5-3-2-4-8(13)10-7-14-16-15-10/h2-5,7-9H,6H2,1H3,(H,17,18)(H,19,20)(H,14,15,16). The number of carbonyl (C=O) groups is 2. The van der Waals surface area contributed by atoms with Crippen molar-refractivity contribution in [1.82, 2.24) is 15.4 Å². The zero-order valence-corrected chi connectivity index (χ0v) is 10.9. The first kappa shape index (κ1) is 14.0. The van der Waals surface area contributed by atoms with Gasteiger partial charge >= 0.3 is 11.9 Å². The van der Waals surface area contributed by atoms with Crippen LogP contribution >= 0.6 is 0 Å². The summed E-state index contributed by atoms with van der Waals surface area (Å²) in [5.74, 6) is -3.67. The Labute approximate surface area is 115 Å². The molecule has 1 aliphatic rings. The van der Waals surface area contributed by atoms with Crippen LogP contribution < -0.4 is 0 Å². The summed E-state index contributed by atoms with van der Waals surface area (Å²) in [7, 11) is 0. The van der Waals surface area contributed by atoms with E-state index in [0.29, 0.717) is 5.69 Å². The van der Waals surface area contributed by atoms with Crippen molar-refractivity contribution in [3.63, 3.8) is 0 Å². The zero-order valence-electron chi connectivity index (χ0n) is 10.9. The van der Waals surface area contributed by atoms with E-state index in [0.717, 1.165) is 0 Å².